The summed E-state index contributed by atoms with van der Waals surface area (Å²) in [5.74, 6) is -0.678. The van der Waals surface area contributed by atoms with Crippen LogP contribution in [0.4, 0.5) is 0 Å². The molecule has 2 bridgehead atoms. The van der Waals surface area contributed by atoms with E-state index in [1.807, 2.05) is 0 Å². The van der Waals surface area contributed by atoms with Crippen LogP contribution in [0, 0.1) is 5.41 Å². The first kappa shape index (κ1) is 6.16. The molecule has 0 radical (unpaired) electrons. The highest BCUT2D eigenvalue weighted by Crippen LogP contribution is 2.53. The van der Waals surface area contributed by atoms with Crippen molar-refractivity contribution in [3.8, 4) is 0 Å². The SMILES string of the molecule is CC12CNC(C(=O)O)(C1)C2. The maximum absolute atomic E-state index is 10.6. The lowest BCUT2D eigenvalue weighted by Crippen LogP contribution is -2.53. The van der Waals surface area contributed by atoms with Crippen molar-refractivity contribution in [1.82, 2.24) is 5.32 Å². The highest BCUT2D eigenvalue weighted by Gasteiger charge is 2.62. The third kappa shape index (κ3) is 0.515. The first-order valence-corrected chi connectivity index (χ1v) is 3.55. The summed E-state index contributed by atoms with van der Waals surface area (Å²) < 4.78 is 0. The molecule has 0 aromatic rings. The Morgan fingerprint density at radius 2 is 2.20 bits per heavy atom. The van der Waals surface area contributed by atoms with Crippen LogP contribution < -0.4 is 5.32 Å². The summed E-state index contributed by atoms with van der Waals surface area (Å²) in [6, 6.07) is 0. The molecule has 0 atom stereocenters. The number of hydrogen-bond acceptors (Lipinski definition) is 2. The Kier molecular flexibility index (Phi) is 0.844. The van der Waals surface area contributed by atoms with Gasteiger partial charge in [-0.05, 0) is 18.3 Å². The maximum atomic E-state index is 10.6. The molecule has 2 aliphatic heterocycles. The summed E-state index contributed by atoms with van der Waals surface area (Å²) >= 11 is 0. The van der Waals surface area contributed by atoms with Gasteiger partial charge in [0.2, 0.25) is 0 Å². The molecule has 10 heavy (non-hydrogen) atoms. The van der Waals surface area contributed by atoms with E-state index in [0.717, 1.165) is 19.4 Å². The van der Waals surface area contributed by atoms with Crippen molar-refractivity contribution in [2.75, 3.05) is 6.54 Å². The molecule has 1 saturated carbocycles. The van der Waals surface area contributed by atoms with Crippen LogP contribution in [0.5, 0.6) is 0 Å². The van der Waals surface area contributed by atoms with E-state index in [1.54, 1.807) is 0 Å². The molecule has 0 amide bonds. The van der Waals surface area contributed by atoms with Gasteiger partial charge in [0.15, 0.2) is 0 Å². The normalized spacial score (nSPS) is 50.5. The van der Waals surface area contributed by atoms with Gasteiger partial charge in [0.25, 0.3) is 0 Å². The minimum absolute atomic E-state index is 0.290. The molecule has 0 aromatic heterocycles. The predicted octanol–water partition coefficient (Wildman–Crippen LogP) is 0.213. The molecule has 2 heterocycles. The molecule has 3 rings (SSSR count). The summed E-state index contributed by atoms with van der Waals surface area (Å²) in [6.45, 7) is 3.01. The van der Waals surface area contributed by atoms with Crippen molar-refractivity contribution in [3.05, 3.63) is 0 Å². The third-order valence-electron chi connectivity index (χ3n) is 2.72. The van der Waals surface area contributed by atoms with Crippen LogP contribution in [-0.4, -0.2) is 23.2 Å². The highest BCUT2D eigenvalue weighted by molar-refractivity contribution is 5.81. The average Bonchev–Trinajstić information content (AvgIpc) is 2.19. The molecular formula is C7H11NO2. The number of carboxylic acid groups (broad SMARTS) is 1. The molecule has 2 N–H and O–H groups in total. The topological polar surface area (TPSA) is 49.3 Å². The second-order valence-electron chi connectivity index (χ2n) is 3.91. The van der Waals surface area contributed by atoms with Gasteiger partial charge in [-0.3, -0.25) is 4.79 Å². The van der Waals surface area contributed by atoms with Gasteiger partial charge in [0.05, 0.1) is 0 Å². The fourth-order valence-electron chi connectivity index (χ4n) is 2.26. The average molecular weight is 141 g/mol. The zero-order valence-corrected chi connectivity index (χ0v) is 5.98. The van der Waals surface area contributed by atoms with Crippen molar-refractivity contribution in [1.29, 1.82) is 0 Å². The number of nitrogens with one attached hydrogen (secondary N) is 1. The molecule has 3 nitrogen and oxygen atoms in total. The largest absolute Gasteiger partial charge is 0.480 e. The monoisotopic (exact) mass is 141 g/mol. The van der Waals surface area contributed by atoms with E-state index >= 15 is 0 Å². The molecule has 3 fully saturated rings. The first-order valence-electron chi connectivity index (χ1n) is 3.55. The van der Waals surface area contributed by atoms with E-state index in [9.17, 15) is 4.79 Å². The summed E-state index contributed by atoms with van der Waals surface area (Å²) in [5.41, 5.74) is -0.243. The third-order valence-corrected chi connectivity index (χ3v) is 2.72. The summed E-state index contributed by atoms with van der Waals surface area (Å²) in [7, 11) is 0. The quantitative estimate of drug-likeness (QED) is 0.549. The van der Waals surface area contributed by atoms with E-state index in [-0.39, 0.29) is 0 Å². The Bertz CT molecular complexity index is 194. The van der Waals surface area contributed by atoms with Gasteiger partial charge in [0.1, 0.15) is 5.54 Å². The minimum atomic E-state index is -0.678. The van der Waals surface area contributed by atoms with E-state index in [1.165, 1.54) is 0 Å². The molecule has 0 aromatic carbocycles. The second kappa shape index (κ2) is 1.37. The molecule has 1 aliphatic carbocycles. The van der Waals surface area contributed by atoms with Crippen LogP contribution in [0.2, 0.25) is 0 Å². The molecule has 0 spiro atoms. The number of rotatable bonds is 1. The van der Waals surface area contributed by atoms with Crippen LogP contribution >= 0.6 is 0 Å². The van der Waals surface area contributed by atoms with Crippen LogP contribution in [-0.2, 0) is 4.79 Å². The van der Waals surface area contributed by atoms with Crippen LogP contribution in [0.1, 0.15) is 19.8 Å². The van der Waals surface area contributed by atoms with Gasteiger partial charge in [-0.1, -0.05) is 6.92 Å². The van der Waals surface area contributed by atoms with Crippen molar-refractivity contribution in [2.24, 2.45) is 5.41 Å². The Labute approximate surface area is 59.4 Å². The molecular weight excluding hydrogens is 130 g/mol. The van der Waals surface area contributed by atoms with Crippen molar-refractivity contribution in [2.45, 2.75) is 25.3 Å². The number of fused-ring (bicyclic) bond motifs is 1. The van der Waals surface area contributed by atoms with Gasteiger partial charge in [-0.2, -0.15) is 0 Å². The van der Waals surface area contributed by atoms with Gasteiger partial charge < -0.3 is 10.4 Å². The van der Waals surface area contributed by atoms with E-state index in [4.69, 9.17) is 5.11 Å². The lowest BCUT2D eigenvalue weighted by molar-refractivity contribution is -0.148. The standard InChI is InChI=1S/C7H11NO2/c1-6-2-7(3-6,5(9)10)8-4-6/h8H,2-4H2,1H3,(H,9,10). The van der Waals surface area contributed by atoms with Gasteiger partial charge in [-0.25, -0.2) is 0 Å². The number of aliphatic carboxylic acids is 1. The summed E-state index contributed by atoms with van der Waals surface area (Å²) in [5, 5.41) is 11.8. The smallest absolute Gasteiger partial charge is 0.323 e. The highest BCUT2D eigenvalue weighted by atomic mass is 16.4. The van der Waals surface area contributed by atoms with E-state index < -0.39 is 11.5 Å². The van der Waals surface area contributed by atoms with Crippen LogP contribution in [0.15, 0.2) is 0 Å². The van der Waals surface area contributed by atoms with Crippen LogP contribution in [0.3, 0.4) is 0 Å². The number of hydrogen-bond donors (Lipinski definition) is 2. The van der Waals surface area contributed by atoms with Crippen molar-refractivity contribution >= 4 is 5.97 Å². The van der Waals surface area contributed by atoms with Crippen molar-refractivity contribution < 1.29 is 9.90 Å². The molecule has 56 valence electrons. The van der Waals surface area contributed by atoms with Crippen LogP contribution in [0.25, 0.3) is 0 Å². The van der Waals surface area contributed by atoms with Crippen molar-refractivity contribution in [3.63, 3.8) is 0 Å². The lowest BCUT2D eigenvalue weighted by atomic mass is 9.63. The molecule has 2 saturated heterocycles. The lowest BCUT2D eigenvalue weighted by Gasteiger charge is -2.40. The Balaban J connectivity index is 2.20. The molecule has 3 aliphatic rings. The molecule has 0 unspecified atom stereocenters. The van der Waals surface area contributed by atoms with E-state index in [2.05, 4.69) is 12.2 Å². The second-order valence-corrected chi connectivity index (χ2v) is 3.91. The van der Waals surface area contributed by atoms with Gasteiger partial charge in [0, 0.05) is 6.54 Å². The Morgan fingerprint density at radius 3 is 2.40 bits per heavy atom. The predicted molar refractivity (Wildman–Crippen MR) is 35.7 cm³/mol. The molecule has 3 heteroatoms. The Hall–Kier alpha value is -0.570. The number of carboxylic acids is 1. The zero-order chi connectivity index (χ0) is 7.41. The Morgan fingerprint density at radius 1 is 1.60 bits per heavy atom. The fraction of sp³-hybridized carbons (Fsp3) is 0.857. The summed E-state index contributed by atoms with van der Waals surface area (Å²) in [4.78, 5) is 10.6. The first-order chi connectivity index (χ1) is 4.56. The maximum Gasteiger partial charge on any atom is 0.323 e. The number of carbonyl (C=O) groups is 1. The fourth-order valence-corrected chi connectivity index (χ4v) is 2.26. The zero-order valence-electron chi connectivity index (χ0n) is 5.98. The summed E-state index contributed by atoms with van der Waals surface area (Å²) in [6.07, 6.45) is 1.63. The van der Waals surface area contributed by atoms with Gasteiger partial charge in [-0.15, -0.1) is 0 Å². The van der Waals surface area contributed by atoms with Gasteiger partial charge >= 0.3 is 5.97 Å². The van der Waals surface area contributed by atoms with E-state index in [0.29, 0.717) is 5.41 Å². The minimum Gasteiger partial charge on any atom is -0.480 e.